The molecule has 0 heterocycles. The first-order valence-electron chi connectivity index (χ1n) is 4.15. The second-order valence-electron chi connectivity index (χ2n) is 2.86. The molecular formula is C10H9O4P. The van der Waals surface area contributed by atoms with Crippen molar-refractivity contribution < 1.29 is 19.0 Å². The van der Waals surface area contributed by atoms with Crippen LogP contribution in [0.1, 0.15) is 12.5 Å². The van der Waals surface area contributed by atoms with Crippen LogP contribution in [0.4, 0.5) is 0 Å². The maximum absolute atomic E-state index is 10.4. The molecule has 0 aliphatic heterocycles. The van der Waals surface area contributed by atoms with E-state index >= 15 is 0 Å². The van der Waals surface area contributed by atoms with E-state index in [0.717, 1.165) is 11.6 Å². The van der Waals surface area contributed by atoms with E-state index in [1.165, 1.54) is 0 Å². The number of hydrogen-bond donors (Lipinski definition) is 1. The van der Waals surface area contributed by atoms with Crippen molar-refractivity contribution in [2.45, 2.75) is 6.92 Å². The lowest BCUT2D eigenvalue weighted by Crippen LogP contribution is -1.89. The first-order valence-corrected chi connectivity index (χ1v) is 4.88. The van der Waals surface area contributed by atoms with Gasteiger partial charge >= 0.3 is 14.7 Å². The van der Waals surface area contributed by atoms with Crippen LogP contribution in [0.15, 0.2) is 30.3 Å². The number of aliphatic carboxylic acids is 1. The third-order valence-corrected chi connectivity index (χ3v) is 2.08. The van der Waals surface area contributed by atoms with E-state index in [0.29, 0.717) is 11.3 Å². The Labute approximate surface area is 88.5 Å². The zero-order valence-electron chi connectivity index (χ0n) is 8.01. The zero-order valence-corrected chi connectivity index (χ0v) is 8.90. The Morgan fingerprint density at radius 1 is 1.40 bits per heavy atom. The third-order valence-electron chi connectivity index (χ3n) is 1.79. The molecule has 0 amide bonds. The summed E-state index contributed by atoms with van der Waals surface area (Å²) in [4.78, 5) is 10.4. The van der Waals surface area contributed by atoms with Crippen molar-refractivity contribution in [2.24, 2.45) is 0 Å². The highest BCUT2D eigenvalue weighted by molar-refractivity contribution is 7.17. The van der Waals surface area contributed by atoms with E-state index in [-0.39, 0.29) is 0 Å². The molecule has 0 radical (unpaired) electrons. The number of hydrogen-bond acceptors (Lipinski definition) is 3. The second-order valence-corrected chi connectivity index (χ2v) is 3.19. The predicted molar refractivity (Wildman–Crippen MR) is 56.0 cm³/mol. The summed E-state index contributed by atoms with van der Waals surface area (Å²) in [6.45, 7) is 1.70. The minimum absolute atomic E-state index is 0.408. The van der Waals surface area contributed by atoms with Gasteiger partial charge in [-0.25, -0.2) is 9.36 Å². The van der Waals surface area contributed by atoms with E-state index in [1.807, 2.05) is 0 Å². The van der Waals surface area contributed by atoms with Gasteiger partial charge in [0, 0.05) is 6.08 Å². The van der Waals surface area contributed by atoms with E-state index in [1.54, 1.807) is 31.2 Å². The maximum atomic E-state index is 10.4. The van der Waals surface area contributed by atoms with Crippen LogP contribution >= 0.6 is 8.69 Å². The molecule has 1 N–H and O–H groups in total. The van der Waals surface area contributed by atoms with E-state index in [9.17, 15) is 9.36 Å². The monoisotopic (exact) mass is 224 g/mol. The minimum atomic E-state index is -0.981. The van der Waals surface area contributed by atoms with Crippen LogP contribution < -0.4 is 4.52 Å². The number of carboxylic acids is 1. The van der Waals surface area contributed by atoms with Gasteiger partial charge in [-0.3, -0.25) is 0 Å². The van der Waals surface area contributed by atoms with Gasteiger partial charge < -0.3 is 9.63 Å². The molecule has 0 spiro atoms. The van der Waals surface area contributed by atoms with Gasteiger partial charge in [-0.15, -0.1) is 0 Å². The van der Waals surface area contributed by atoms with Crippen LogP contribution in [0.25, 0.3) is 5.57 Å². The molecule has 1 rings (SSSR count). The Balaban J connectivity index is 2.88. The molecule has 15 heavy (non-hydrogen) atoms. The molecule has 1 aromatic rings. The Morgan fingerprint density at radius 3 is 2.47 bits per heavy atom. The number of carboxylic acid groups (broad SMARTS) is 1. The third kappa shape index (κ3) is 3.52. The lowest BCUT2D eigenvalue weighted by molar-refractivity contribution is -0.131. The summed E-state index contributed by atoms with van der Waals surface area (Å²) in [5.41, 5.74) is 1.43. The summed E-state index contributed by atoms with van der Waals surface area (Å²) in [5, 5.41) is 8.54. The molecule has 0 aliphatic carbocycles. The van der Waals surface area contributed by atoms with Crippen LogP contribution in [0.5, 0.6) is 5.75 Å². The van der Waals surface area contributed by atoms with Gasteiger partial charge in [-0.05, 0) is 30.2 Å². The summed E-state index contributed by atoms with van der Waals surface area (Å²) in [6.07, 6.45) is 1.13. The van der Waals surface area contributed by atoms with Crippen LogP contribution in [0.2, 0.25) is 0 Å². The molecule has 0 aliphatic rings. The second kappa shape index (κ2) is 5.27. The van der Waals surface area contributed by atoms with Crippen LogP contribution in [0.3, 0.4) is 0 Å². The smallest absolute Gasteiger partial charge is 0.395 e. The summed E-state index contributed by atoms with van der Waals surface area (Å²) >= 11 is 0. The molecule has 4 nitrogen and oxygen atoms in total. The number of benzene rings is 1. The number of rotatable bonds is 4. The molecule has 5 heteroatoms. The molecular weight excluding hydrogens is 215 g/mol. The summed E-state index contributed by atoms with van der Waals surface area (Å²) in [7, 11) is -0.408. The van der Waals surface area contributed by atoms with Crippen molar-refractivity contribution in [3.05, 3.63) is 35.9 Å². The molecule has 0 atom stereocenters. The maximum Gasteiger partial charge on any atom is 0.395 e. The number of carbonyl (C=O) groups is 1. The van der Waals surface area contributed by atoms with Crippen molar-refractivity contribution in [3.63, 3.8) is 0 Å². The Morgan fingerprint density at radius 2 is 2.00 bits per heavy atom. The first-order chi connectivity index (χ1) is 7.13. The average molecular weight is 224 g/mol. The van der Waals surface area contributed by atoms with Gasteiger partial charge in [0.1, 0.15) is 5.75 Å². The van der Waals surface area contributed by atoms with Gasteiger partial charge in [0.2, 0.25) is 0 Å². The molecule has 0 unspecified atom stereocenters. The Kier molecular flexibility index (Phi) is 4.01. The molecule has 0 saturated carbocycles. The van der Waals surface area contributed by atoms with Crippen LogP contribution in [-0.2, 0) is 9.36 Å². The molecule has 78 valence electrons. The minimum Gasteiger partial charge on any atom is -0.478 e. The SMILES string of the molecule is CC(=CC(=O)O)c1ccc(OP=O)cc1. The first kappa shape index (κ1) is 11.4. The molecule has 0 bridgehead atoms. The fourth-order valence-electron chi connectivity index (χ4n) is 1.09. The predicted octanol–water partition coefficient (Wildman–Crippen LogP) is 2.76. The van der Waals surface area contributed by atoms with Crippen molar-refractivity contribution in [1.29, 1.82) is 0 Å². The normalized spacial score (nSPS) is 11.4. The van der Waals surface area contributed by atoms with Gasteiger partial charge in [-0.1, -0.05) is 12.1 Å². The average Bonchev–Trinajstić information content (AvgIpc) is 2.18. The zero-order chi connectivity index (χ0) is 11.3. The summed E-state index contributed by atoms with van der Waals surface area (Å²) in [5.74, 6) is -0.510. The largest absolute Gasteiger partial charge is 0.478 e. The highest BCUT2D eigenvalue weighted by atomic mass is 31.1. The standard InChI is InChI=1S/C10H9O4P/c1-7(6-10(11)12)8-2-4-9(5-3-8)14-15-13/h2-6H,1H3,(H,11,12). The number of allylic oxidation sites excluding steroid dienone is 1. The van der Waals surface area contributed by atoms with Gasteiger partial charge in [0.05, 0.1) is 0 Å². The van der Waals surface area contributed by atoms with Gasteiger partial charge in [0.25, 0.3) is 0 Å². The highest BCUT2D eigenvalue weighted by Crippen LogP contribution is 2.20. The van der Waals surface area contributed by atoms with Crippen LogP contribution in [0, 0.1) is 0 Å². The van der Waals surface area contributed by atoms with Gasteiger partial charge in [-0.2, -0.15) is 0 Å². The fourth-order valence-corrected chi connectivity index (χ4v) is 1.30. The van der Waals surface area contributed by atoms with Crippen molar-refractivity contribution in [1.82, 2.24) is 0 Å². The quantitative estimate of drug-likeness (QED) is 0.630. The van der Waals surface area contributed by atoms with Crippen LogP contribution in [-0.4, -0.2) is 11.1 Å². The highest BCUT2D eigenvalue weighted by Gasteiger charge is 1.99. The summed E-state index contributed by atoms with van der Waals surface area (Å²) < 4.78 is 14.8. The van der Waals surface area contributed by atoms with Crippen molar-refractivity contribution >= 4 is 20.2 Å². The molecule has 0 saturated heterocycles. The topological polar surface area (TPSA) is 63.6 Å². The fraction of sp³-hybridized carbons (Fsp3) is 0.100. The van der Waals surface area contributed by atoms with Gasteiger partial charge in [0.15, 0.2) is 0 Å². The Bertz CT molecular complexity index is 394. The lowest BCUT2D eigenvalue weighted by Gasteiger charge is -2.01. The summed E-state index contributed by atoms with van der Waals surface area (Å²) in [6, 6.07) is 6.66. The van der Waals surface area contributed by atoms with Crippen molar-refractivity contribution in [2.75, 3.05) is 0 Å². The Hall–Kier alpha value is -1.67. The lowest BCUT2D eigenvalue weighted by atomic mass is 10.1. The van der Waals surface area contributed by atoms with E-state index in [4.69, 9.17) is 9.63 Å². The van der Waals surface area contributed by atoms with E-state index in [2.05, 4.69) is 0 Å². The molecule has 0 fully saturated rings. The van der Waals surface area contributed by atoms with E-state index < -0.39 is 14.7 Å². The molecule has 1 aromatic carbocycles. The van der Waals surface area contributed by atoms with Crippen molar-refractivity contribution in [3.8, 4) is 5.75 Å². The molecule has 0 aromatic heterocycles.